The van der Waals surface area contributed by atoms with Crippen LogP contribution in [0.25, 0.3) is 0 Å². The van der Waals surface area contributed by atoms with Crippen molar-refractivity contribution in [3.8, 4) is 0 Å². The second-order valence-corrected chi connectivity index (χ2v) is 4.16. The van der Waals surface area contributed by atoms with Crippen LogP contribution in [0.3, 0.4) is 0 Å². The number of aliphatic hydroxyl groups excluding tert-OH is 2. The largest absolute Gasteiger partial charge is 0.396 e. The Balaban J connectivity index is 3.88. The van der Waals surface area contributed by atoms with Crippen LogP contribution in [-0.4, -0.2) is 22.9 Å². The summed E-state index contributed by atoms with van der Waals surface area (Å²) in [6.07, 6.45) is 4.76. The van der Waals surface area contributed by atoms with Crippen LogP contribution >= 0.6 is 0 Å². The molecule has 0 aromatic carbocycles. The maximum Gasteiger partial charge on any atom is 0.0537 e. The van der Waals surface area contributed by atoms with E-state index >= 15 is 0 Å². The van der Waals surface area contributed by atoms with Crippen LogP contribution in [0.2, 0.25) is 0 Å². The molecule has 0 spiro atoms. The first-order chi connectivity index (χ1) is 6.69. The molecule has 14 heavy (non-hydrogen) atoms. The van der Waals surface area contributed by atoms with Gasteiger partial charge in [-0.15, -0.1) is 0 Å². The fourth-order valence-corrected chi connectivity index (χ4v) is 2.00. The molecule has 0 aromatic rings. The summed E-state index contributed by atoms with van der Waals surface area (Å²) in [6.45, 7) is 6.59. The van der Waals surface area contributed by atoms with Crippen LogP contribution in [0.15, 0.2) is 0 Å². The van der Waals surface area contributed by atoms with Gasteiger partial charge in [-0.2, -0.15) is 0 Å². The van der Waals surface area contributed by atoms with E-state index in [1.807, 2.05) is 6.92 Å². The molecule has 2 heteroatoms. The quantitative estimate of drug-likeness (QED) is 0.635. The summed E-state index contributed by atoms with van der Waals surface area (Å²) >= 11 is 0. The molecule has 2 N–H and O–H groups in total. The molecular formula is C12H26O2. The van der Waals surface area contributed by atoms with Crippen LogP contribution in [0.5, 0.6) is 0 Å². The number of rotatable bonds is 8. The molecule has 0 saturated carbocycles. The molecule has 0 saturated heterocycles. The zero-order valence-corrected chi connectivity index (χ0v) is 9.87. The molecule has 0 fully saturated rings. The van der Waals surface area contributed by atoms with Crippen molar-refractivity contribution in [1.82, 2.24) is 0 Å². The molecule has 0 aliphatic rings. The lowest BCUT2D eigenvalue weighted by molar-refractivity contribution is 0.121. The first-order valence-corrected chi connectivity index (χ1v) is 5.98. The summed E-state index contributed by atoms with van der Waals surface area (Å²) in [5.41, 5.74) is 0. The Morgan fingerprint density at radius 3 is 1.79 bits per heavy atom. The Morgan fingerprint density at radius 2 is 1.43 bits per heavy atom. The maximum absolute atomic E-state index is 9.47. The second-order valence-electron chi connectivity index (χ2n) is 4.16. The van der Waals surface area contributed by atoms with Gasteiger partial charge < -0.3 is 10.2 Å². The number of hydrogen-bond donors (Lipinski definition) is 2. The summed E-state index contributed by atoms with van der Waals surface area (Å²) in [5, 5.41) is 18.7. The lowest BCUT2D eigenvalue weighted by atomic mass is 9.84. The summed E-state index contributed by atoms with van der Waals surface area (Å²) in [5.74, 6) is 0.996. The smallest absolute Gasteiger partial charge is 0.0537 e. The van der Waals surface area contributed by atoms with Gasteiger partial charge in [0.2, 0.25) is 0 Å². The fourth-order valence-electron chi connectivity index (χ4n) is 2.00. The van der Waals surface area contributed by atoms with E-state index in [1.165, 1.54) is 0 Å². The summed E-state index contributed by atoms with van der Waals surface area (Å²) in [6, 6.07) is 0. The third kappa shape index (κ3) is 4.97. The molecule has 0 aliphatic carbocycles. The lowest BCUT2D eigenvalue weighted by Crippen LogP contribution is -2.19. The molecule has 86 valence electrons. The van der Waals surface area contributed by atoms with Crippen molar-refractivity contribution >= 4 is 0 Å². The monoisotopic (exact) mass is 202 g/mol. The average molecular weight is 202 g/mol. The SMILES string of the molecule is CCC(O)CCC(CC)C(CC)CO. The highest BCUT2D eigenvalue weighted by molar-refractivity contribution is 4.69. The summed E-state index contributed by atoms with van der Waals surface area (Å²) in [4.78, 5) is 0. The van der Waals surface area contributed by atoms with E-state index in [0.717, 1.165) is 32.1 Å². The zero-order valence-electron chi connectivity index (χ0n) is 9.87. The Labute approximate surface area is 88.3 Å². The van der Waals surface area contributed by atoms with Gasteiger partial charge in [-0.05, 0) is 31.1 Å². The van der Waals surface area contributed by atoms with Gasteiger partial charge in [-0.25, -0.2) is 0 Å². The van der Waals surface area contributed by atoms with Gasteiger partial charge in [0.05, 0.1) is 6.10 Å². The Hall–Kier alpha value is -0.0800. The first-order valence-electron chi connectivity index (χ1n) is 5.98. The lowest BCUT2D eigenvalue weighted by Gasteiger charge is -2.24. The van der Waals surface area contributed by atoms with E-state index in [-0.39, 0.29) is 12.7 Å². The highest BCUT2D eigenvalue weighted by atomic mass is 16.3. The molecule has 3 atom stereocenters. The number of hydrogen-bond acceptors (Lipinski definition) is 2. The Morgan fingerprint density at radius 1 is 0.857 bits per heavy atom. The predicted octanol–water partition coefficient (Wildman–Crippen LogP) is 2.58. The third-order valence-electron chi connectivity index (χ3n) is 3.29. The molecule has 0 rings (SSSR count). The van der Waals surface area contributed by atoms with Crippen molar-refractivity contribution in [3.05, 3.63) is 0 Å². The molecule has 2 nitrogen and oxygen atoms in total. The van der Waals surface area contributed by atoms with Crippen LogP contribution in [0.1, 0.15) is 52.9 Å². The van der Waals surface area contributed by atoms with Gasteiger partial charge in [0.15, 0.2) is 0 Å². The Kier molecular flexibility index (Phi) is 8.20. The molecule has 0 aliphatic heterocycles. The number of aliphatic hydroxyl groups is 2. The van der Waals surface area contributed by atoms with Crippen molar-refractivity contribution in [2.24, 2.45) is 11.8 Å². The minimum atomic E-state index is -0.153. The molecule has 0 amide bonds. The van der Waals surface area contributed by atoms with Gasteiger partial charge in [-0.3, -0.25) is 0 Å². The van der Waals surface area contributed by atoms with Crippen molar-refractivity contribution in [2.75, 3.05) is 6.61 Å². The first kappa shape index (κ1) is 13.9. The molecule has 0 aromatic heterocycles. The molecule has 0 radical (unpaired) electrons. The van der Waals surface area contributed by atoms with E-state index < -0.39 is 0 Å². The highest BCUT2D eigenvalue weighted by Crippen LogP contribution is 2.24. The Bertz CT molecular complexity index is 121. The topological polar surface area (TPSA) is 40.5 Å². The molecular weight excluding hydrogens is 176 g/mol. The van der Waals surface area contributed by atoms with Crippen molar-refractivity contribution in [2.45, 2.75) is 59.0 Å². The highest BCUT2D eigenvalue weighted by Gasteiger charge is 2.18. The fraction of sp³-hybridized carbons (Fsp3) is 1.00. The third-order valence-corrected chi connectivity index (χ3v) is 3.29. The van der Waals surface area contributed by atoms with Gasteiger partial charge in [0, 0.05) is 6.61 Å². The van der Waals surface area contributed by atoms with E-state index in [0.29, 0.717) is 11.8 Å². The van der Waals surface area contributed by atoms with Gasteiger partial charge in [0.25, 0.3) is 0 Å². The van der Waals surface area contributed by atoms with Crippen molar-refractivity contribution in [3.63, 3.8) is 0 Å². The van der Waals surface area contributed by atoms with E-state index in [1.54, 1.807) is 0 Å². The van der Waals surface area contributed by atoms with Gasteiger partial charge in [0.1, 0.15) is 0 Å². The molecule has 3 unspecified atom stereocenters. The van der Waals surface area contributed by atoms with E-state index in [9.17, 15) is 10.2 Å². The van der Waals surface area contributed by atoms with E-state index in [4.69, 9.17) is 0 Å². The molecule has 0 bridgehead atoms. The van der Waals surface area contributed by atoms with Crippen molar-refractivity contribution in [1.29, 1.82) is 0 Å². The normalized spacial score (nSPS) is 17.8. The molecule has 0 heterocycles. The second kappa shape index (κ2) is 8.25. The summed E-state index contributed by atoms with van der Waals surface area (Å²) < 4.78 is 0. The zero-order chi connectivity index (χ0) is 11.0. The standard InChI is InChI=1S/C12H26O2/c1-4-10(11(5-2)9-13)7-8-12(14)6-3/h10-14H,4-9H2,1-3H3. The minimum absolute atomic E-state index is 0.153. The maximum atomic E-state index is 9.47. The predicted molar refractivity (Wildman–Crippen MR) is 60.2 cm³/mol. The minimum Gasteiger partial charge on any atom is -0.396 e. The van der Waals surface area contributed by atoms with Crippen LogP contribution in [-0.2, 0) is 0 Å². The van der Waals surface area contributed by atoms with Crippen LogP contribution in [0, 0.1) is 11.8 Å². The summed E-state index contributed by atoms with van der Waals surface area (Å²) in [7, 11) is 0. The van der Waals surface area contributed by atoms with Crippen molar-refractivity contribution < 1.29 is 10.2 Å². The van der Waals surface area contributed by atoms with E-state index in [2.05, 4.69) is 13.8 Å². The van der Waals surface area contributed by atoms with Gasteiger partial charge in [-0.1, -0.05) is 33.6 Å². The van der Waals surface area contributed by atoms with Crippen LogP contribution < -0.4 is 0 Å². The van der Waals surface area contributed by atoms with Crippen LogP contribution in [0.4, 0.5) is 0 Å². The van der Waals surface area contributed by atoms with Gasteiger partial charge >= 0.3 is 0 Å². The average Bonchev–Trinajstić information content (AvgIpc) is 2.23.